The maximum absolute atomic E-state index is 12.0. The zero-order valence-corrected chi connectivity index (χ0v) is 10.5. The Labute approximate surface area is 110 Å². The third kappa shape index (κ3) is 2.40. The molecule has 0 aromatic heterocycles. The van der Waals surface area contributed by atoms with Crippen LogP contribution in [0.2, 0.25) is 0 Å². The normalized spacial score (nSPS) is 13.4. The number of hydrogen-bond acceptors (Lipinski definition) is 4. The Hall–Kier alpha value is -2.43. The summed E-state index contributed by atoms with van der Waals surface area (Å²) in [7, 11) is 0. The van der Waals surface area contributed by atoms with Gasteiger partial charge in [0.1, 0.15) is 6.61 Å². The number of hydrogen-bond donors (Lipinski definition) is 0. The molecule has 2 amide bonds. The van der Waals surface area contributed by atoms with E-state index in [9.17, 15) is 14.4 Å². The van der Waals surface area contributed by atoms with Crippen molar-refractivity contribution in [3.05, 3.63) is 47.5 Å². The topological polar surface area (TPSA) is 63.7 Å². The van der Waals surface area contributed by atoms with E-state index >= 15 is 0 Å². The van der Waals surface area contributed by atoms with Crippen molar-refractivity contribution in [2.75, 3.05) is 13.2 Å². The number of carbonyl (C=O) groups excluding carboxylic acids is 3. The highest BCUT2D eigenvalue weighted by Crippen LogP contribution is 2.21. The van der Waals surface area contributed by atoms with E-state index in [1.807, 2.05) is 0 Å². The number of ether oxygens (including phenoxy) is 1. The molecule has 1 aromatic rings. The summed E-state index contributed by atoms with van der Waals surface area (Å²) in [5.41, 5.74) is 1.06. The molecule has 0 fully saturated rings. The standard InChI is InChI=1S/C14H13NO4/c1-9(2)14(18)19-8-7-15-12(16)10-5-3-4-6-11(10)13(15)17/h3-6H,1,7-8H2,2H3. The molecule has 1 heterocycles. The smallest absolute Gasteiger partial charge is 0.333 e. The van der Waals surface area contributed by atoms with E-state index in [-0.39, 0.29) is 30.5 Å². The Morgan fingerprint density at radius 1 is 1.21 bits per heavy atom. The first-order chi connectivity index (χ1) is 9.02. The number of amides is 2. The lowest BCUT2D eigenvalue weighted by molar-refractivity contribution is -0.139. The SMILES string of the molecule is C=C(C)C(=O)OCCN1C(=O)c2ccccc2C1=O. The van der Waals surface area contributed by atoms with Gasteiger partial charge in [-0.1, -0.05) is 18.7 Å². The summed E-state index contributed by atoms with van der Waals surface area (Å²) in [5.74, 6) is -1.24. The van der Waals surface area contributed by atoms with Crippen LogP contribution in [0.5, 0.6) is 0 Å². The zero-order valence-electron chi connectivity index (χ0n) is 10.5. The van der Waals surface area contributed by atoms with Crippen molar-refractivity contribution >= 4 is 17.8 Å². The average Bonchev–Trinajstić information content (AvgIpc) is 2.64. The third-order valence-electron chi connectivity index (χ3n) is 2.77. The Bertz CT molecular complexity index is 542. The minimum Gasteiger partial charge on any atom is -0.460 e. The molecular formula is C14H13NO4. The number of nitrogens with zero attached hydrogens (tertiary/aromatic N) is 1. The highest BCUT2D eigenvalue weighted by Gasteiger charge is 2.34. The fraction of sp³-hybridized carbons (Fsp3) is 0.214. The largest absolute Gasteiger partial charge is 0.460 e. The van der Waals surface area contributed by atoms with Gasteiger partial charge in [0.25, 0.3) is 11.8 Å². The van der Waals surface area contributed by atoms with Crippen molar-refractivity contribution in [2.45, 2.75) is 6.92 Å². The summed E-state index contributed by atoms with van der Waals surface area (Å²) >= 11 is 0. The summed E-state index contributed by atoms with van der Waals surface area (Å²) < 4.78 is 4.88. The van der Waals surface area contributed by atoms with E-state index in [1.165, 1.54) is 6.92 Å². The molecule has 0 aliphatic carbocycles. The van der Waals surface area contributed by atoms with Crippen LogP contribution in [0, 0.1) is 0 Å². The summed E-state index contributed by atoms with van der Waals surface area (Å²) in [6.07, 6.45) is 0. The predicted octanol–water partition coefficient (Wildman–Crippen LogP) is 1.40. The van der Waals surface area contributed by atoms with Crippen molar-refractivity contribution in [3.8, 4) is 0 Å². The molecule has 0 N–H and O–H groups in total. The molecular weight excluding hydrogens is 246 g/mol. The number of rotatable bonds is 4. The molecule has 0 saturated carbocycles. The first kappa shape index (κ1) is 13.0. The Morgan fingerprint density at radius 3 is 2.21 bits per heavy atom. The molecule has 0 unspecified atom stereocenters. The van der Waals surface area contributed by atoms with Crippen molar-refractivity contribution in [3.63, 3.8) is 0 Å². The highest BCUT2D eigenvalue weighted by atomic mass is 16.5. The fourth-order valence-electron chi connectivity index (χ4n) is 1.80. The molecule has 0 radical (unpaired) electrons. The van der Waals surface area contributed by atoms with Crippen LogP contribution in [0.15, 0.2) is 36.4 Å². The van der Waals surface area contributed by atoms with E-state index in [0.717, 1.165) is 4.90 Å². The summed E-state index contributed by atoms with van der Waals surface area (Å²) in [6.45, 7) is 4.99. The molecule has 1 aromatic carbocycles. The third-order valence-corrected chi connectivity index (χ3v) is 2.77. The second-order valence-electron chi connectivity index (χ2n) is 4.22. The second kappa shape index (κ2) is 5.06. The average molecular weight is 259 g/mol. The lowest BCUT2D eigenvalue weighted by Crippen LogP contribution is -2.33. The molecule has 5 nitrogen and oxygen atoms in total. The van der Waals surface area contributed by atoms with Crippen molar-refractivity contribution in [1.29, 1.82) is 0 Å². The summed E-state index contributed by atoms with van der Waals surface area (Å²) in [5, 5.41) is 0. The van der Waals surface area contributed by atoms with Gasteiger partial charge in [0, 0.05) is 5.57 Å². The van der Waals surface area contributed by atoms with E-state index in [4.69, 9.17) is 4.74 Å². The fourth-order valence-corrected chi connectivity index (χ4v) is 1.80. The number of fused-ring (bicyclic) bond motifs is 1. The van der Waals surface area contributed by atoms with Gasteiger partial charge in [0.05, 0.1) is 17.7 Å². The molecule has 0 saturated heterocycles. The minimum absolute atomic E-state index is 0.0306. The monoisotopic (exact) mass is 259 g/mol. The van der Waals surface area contributed by atoms with Gasteiger partial charge in [-0.3, -0.25) is 14.5 Å². The van der Waals surface area contributed by atoms with Gasteiger partial charge in [-0.15, -0.1) is 0 Å². The Morgan fingerprint density at radius 2 is 1.74 bits per heavy atom. The van der Waals surface area contributed by atoms with Gasteiger partial charge in [0.2, 0.25) is 0 Å². The van der Waals surface area contributed by atoms with Crippen molar-refractivity contribution in [1.82, 2.24) is 4.90 Å². The first-order valence-corrected chi connectivity index (χ1v) is 5.80. The molecule has 98 valence electrons. The maximum Gasteiger partial charge on any atom is 0.333 e. The van der Waals surface area contributed by atoms with E-state index in [1.54, 1.807) is 24.3 Å². The van der Waals surface area contributed by atoms with Gasteiger partial charge in [-0.05, 0) is 19.1 Å². The van der Waals surface area contributed by atoms with Crippen LogP contribution < -0.4 is 0 Å². The summed E-state index contributed by atoms with van der Waals surface area (Å²) in [4.78, 5) is 36.2. The predicted molar refractivity (Wildman–Crippen MR) is 67.6 cm³/mol. The van der Waals surface area contributed by atoms with Gasteiger partial charge in [0.15, 0.2) is 0 Å². The molecule has 19 heavy (non-hydrogen) atoms. The maximum atomic E-state index is 12.0. The number of carbonyl (C=O) groups is 3. The molecule has 0 bridgehead atoms. The van der Waals surface area contributed by atoms with Crippen LogP contribution in [0.1, 0.15) is 27.6 Å². The number of benzene rings is 1. The first-order valence-electron chi connectivity index (χ1n) is 5.80. The number of imide groups is 1. The van der Waals surface area contributed by atoms with Crippen LogP contribution in [0.4, 0.5) is 0 Å². The molecule has 5 heteroatoms. The number of esters is 1. The molecule has 1 aliphatic heterocycles. The van der Waals surface area contributed by atoms with Gasteiger partial charge >= 0.3 is 5.97 Å². The van der Waals surface area contributed by atoms with E-state index in [0.29, 0.717) is 11.1 Å². The Kier molecular flexibility index (Phi) is 3.46. The van der Waals surface area contributed by atoms with Crippen LogP contribution >= 0.6 is 0 Å². The van der Waals surface area contributed by atoms with Crippen LogP contribution in [0.3, 0.4) is 0 Å². The van der Waals surface area contributed by atoms with Crippen LogP contribution in [-0.2, 0) is 9.53 Å². The quantitative estimate of drug-likeness (QED) is 0.466. The second-order valence-corrected chi connectivity index (χ2v) is 4.22. The molecule has 0 atom stereocenters. The lowest BCUT2D eigenvalue weighted by Gasteiger charge is -2.13. The highest BCUT2D eigenvalue weighted by molar-refractivity contribution is 6.21. The van der Waals surface area contributed by atoms with Crippen LogP contribution in [0.25, 0.3) is 0 Å². The van der Waals surface area contributed by atoms with E-state index in [2.05, 4.69) is 6.58 Å². The van der Waals surface area contributed by atoms with Crippen LogP contribution in [-0.4, -0.2) is 35.8 Å². The van der Waals surface area contributed by atoms with Gasteiger partial charge in [-0.25, -0.2) is 4.79 Å². The van der Waals surface area contributed by atoms with Gasteiger partial charge < -0.3 is 4.74 Å². The minimum atomic E-state index is -0.531. The molecule has 0 spiro atoms. The van der Waals surface area contributed by atoms with E-state index < -0.39 is 5.97 Å². The van der Waals surface area contributed by atoms with Crippen molar-refractivity contribution in [2.24, 2.45) is 0 Å². The zero-order chi connectivity index (χ0) is 14.0. The lowest BCUT2D eigenvalue weighted by atomic mass is 10.1. The molecule has 1 aliphatic rings. The van der Waals surface area contributed by atoms with Crippen molar-refractivity contribution < 1.29 is 19.1 Å². The summed E-state index contributed by atoms with van der Waals surface area (Å²) in [6, 6.07) is 6.62. The molecule has 2 rings (SSSR count). The Balaban J connectivity index is 2.01. The van der Waals surface area contributed by atoms with Gasteiger partial charge in [-0.2, -0.15) is 0 Å².